The lowest BCUT2D eigenvalue weighted by Crippen LogP contribution is -2.50. The minimum absolute atomic E-state index is 0.146. The zero-order chi connectivity index (χ0) is 25.2. The highest BCUT2D eigenvalue weighted by Gasteiger charge is 2.26. The lowest BCUT2D eigenvalue weighted by atomic mass is 10.0. The maximum Gasteiger partial charge on any atom is 0.345 e. The minimum Gasteiger partial charge on any atom is -0.508 e. The Morgan fingerprint density at radius 2 is 1.67 bits per heavy atom. The maximum atomic E-state index is 13.2. The van der Waals surface area contributed by atoms with Gasteiger partial charge in [-0.1, -0.05) is 12.1 Å². The zero-order valence-corrected chi connectivity index (χ0v) is 19.6. The van der Waals surface area contributed by atoms with E-state index in [0.29, 0.717) is 59.8 Å². The summed E-state index contributed by atoms with van der Waals surface area (Å²) in [5.74, 6) is 0.125. The second kappa shape index (κ2) is 9.53. The van der Waals surface area contributed by atoms with E-state index in [9.17, 15) is 19.5 Å². The number of H-pyrrole nitrogens is 1. The average molecular weight is 485 g/mol. The van der Waals surface area contributed by atoms with Crippen LogP contribution in [0.2, 0.25) is 0 Å². The van der Waals surface area contributed by atoms with Crippen molar-refractivity contribution in [1.29, 1.82) is 0 Å². The van der Waals surface area contributed by atoms with Crippen LogP contribution in [-0.4, -0.2) is 62.9 Å². The number of aryl methyl sites for hydroxylation is 1. The first-order chi connectivity index (χ1) is 17.4. The number of benzene rings is 2. The van der Waals surface area contributed by atoms with Crippen LogP contribution in [0.15, 0.2) is 76.1 Å². The molecule has 1 fully saturated rings. The van der Waals surface area contributed by atoms with E-state index >= 15 is 0 Å². The molecule has 2 aromatic carbocycles. The molecular formula is C27H24N4O5. The molecule has 0 atom stereocenters. The topological polar surface area (TPSA) is 120 Å². The molecule has 3 heterocycles. The SMILES string of the molecule is Cc1cc(-c2cc(-c3cccc(C(=O)N4CCN(C(=O)c5ccco5)CC4)c3)[nH]c(=O)n2)ccc1O. The molecule has 0 saturated carbocycles. The summed E-state index contributed by atoms with van der Waals surface area (Å²) in [6.45, 7) is 3.42. The summed E-state index contributed by atoms with van der Waals surface area (Å²) < 4.78 is 5.19. The summed E-state index contributed by atoms with van der Waals surface area (Å²) in [4.78, 5) is 48.2. The van der Waals surface area contributed by atoms with E-state index in [-0.39, 0.29) is 23.3 Å². The normalized spacial score (nSPS) is 13.6. The Bertz CT molecular complexity index is 1480. The van der Waals surface area contributed by atoms with Gasteiger partial charge in [-0.3, -0.25) is 9.59 Å². The molecule has 0 unspecified atom stereocenters. The molecule has 0 bridgehead atoms. The number of aromatic nitrogens is 2. The molecule has 4 aromatic rings. The standard InChI is InChI=1S/C27H24N4O5/c1-17-14-19(7-8-23(17)32)22-16-21(28-27(35)29-22)18-4-2-5-20(15-18)25(33)30-9-11-31(12-10-30)26(34)24-6-3-13-36-24/h2-8,13-16,32H,9-12H2,1H3,(H,28,29,35). The number of carbonyl (C=O) groups is 2. The van der Waals surface area contributed by atoms with Gasteiger partial charge < -0.3 is 24.3 Å². The molecule has 9 heteroatoms. The number of aromatic amines is 1. The Balaban J connectivity index is 1.34. The smallest absolute Gasteiger partial charge is 0.345 e. The van der Waals surface area contributed by atoms with E-state index in [1.807, 2.05) is 6.07 Å². The number of piperazine rings is 1. The molecule has 9 nitrogen and oxygen atoms in total. The van der Waals surface area contributed by atoms with Crippen molar-refractivity contribution in [2.24, 2.45) is 0 Å². The predicted octanol–water partition coefficient (Wildman–Crippen LogP) is 3.31. The quantitative estimate of drug-likeness (QED) is 0.459. The summed E-state index contributed by atoms with van der Waals surface area (Å²) in [5, 5.41) is 9.80. The fourth-order valence-corrected chi connectivity index (χ4v) is 4.25. The van der Waals surface area contributed by atoms with Gasteiger partial charge >= 0.3 is 5.69 Å². The molecule has 0 spiro atoms. The van der Waals surface area contributed by atoms with Crippen molar-refractivity contribution in [2.45, 2.75) is 6.92 Å². The van der Waals surface area contributed by atoms with E-state index in [1.54, 1.807) is 71.3 Å². The predicted molar refractivity (Wildman–Crippen MR) is 133 cm³/mol. The van der Waals surface area contributed by atoms with E-state index in [0.717, 1.165) is 0 Å². The van der Waals surface area contributed by atoms with Crippen molar-refractivity contribution < 1.29 is 19.1 Å². The fraction of sp³-hybridized carbons (Fsp3) is 0.185. The summed E-state index contributed by atoms with van der Waals surface area (Å²) in [6, 6.07) is 17.1. The molecule has 2 aromatic heterocycles. The monoisotopic (exact) mass is 484 g/mol. The highest BCUT2D eigenvalue weighted by molar-refractivity contribution is 5.96. The second-order valence-electron chi connectivity index (χ2n) is 8.63. The highest BCUT2D eigenvalue weighted by Crippen LogP contribution is 2.26. The molecule has 0 radical (unpaired) electrons. The summed E-state index contributed by atoms with van der Waals surface area (Å²) in [6.07, 6.45) is 1.46. The number of phenolic OH excluding ortho intramolecular Hbond substituents is 1. The van der Waals surface area contributed by atoms with Crippen LogP contribution in [0.3, 0.4) is 0 Å². The van der Waals surface area contributed by atoms with Gasteiger partial charge in [-0.05, 0) is 66.6 Å². The second-order valence-corrected chi connectivity index (χ2v) is 8.63. The number of hydrogen-bond donors (Lipinski definition) is 2. The van der Waals surface area contributed by atoms with Crippen molar-refractivity contribution in [3.05, 3.63) is 94.3 Å². The number of hydrogen-bond acceptors (Lipinski definition) is 6. The van der Waals surface area contributed by atoms with Gasteiger partial charge in [0.15, 0.2) is 5.76 Å². The van der Waals surface area contributed by atoms with Crippen molar-refractivity contribution in [3.63, 3.8) is 0 Å². The van der Waals surface area contributed by atoms with Crippen molar-refractivity contribution in [1.82, 2.24) is 19.8 Å². The third-order valence-electron chi connectivity index (χ3n) is 6.24. The summed E-state index contributed by atoms with van der Waals surface area (Å²) >= 11 is 0. The van der Waals surface area contributed by atoms with Gasteiger partial charge in [0.25, 0.3) is 11.8 Å². The van der Waals surface area contributed by atoms with Crippen LogP contribution in [-0.2, 0) is 0 Å². The third-order valence-corrected chi connectivity index (χ3v) is 6.24. The lowest BCUT2D eigenvalue weighted by Gasteiger charge is -2.34. The van der Waals surface area contributed by atoms with Crippen LogP contribution in [0.4, 0.5) is 0 Å². The van der Waals surface area contributed by atoms with Crippen molar-refractivity contribution in [2.75, 3.05) is 26.2 Å². The van der Waals surface area contributed by atoms with E-state index in [4.69, 9.17) is 4.42 Å². The molecule has 182 valence electrons. The largest absolute Gasteiger partial charge is 0.508 e. The van der Waals surface area contributed by atoms with E-state index < -0.39 is 5.69 Å². The fourth-order valence-electron chi connectivity index (χ4n) is 4.25. The number of carbonyl (C=O) groups excluding carboxylic acids is 2. The van der Waals surface area contributed by atoms with E-state index in [2.05, 4.69) is 9.97 Å². The molecule has 5 rings (SSSR count). The van der Waals surface area contributed by atoms with Gasteiger partial charge in [-0.15, -0.1) is 0 Å². The first-order valence-electron chi connectivity index (χ1n) is 11.5. The van der Waals surface area contributed by atoms with Crippen LogP contribution in [0.25, 0.3) is 22.5 Å². The van der Waals surface area contributed by atoms with Gasteiger partial charge in [0.05, 0.1) is 17.7 Å². The number of rotatable bonds is 4. The van der Waals surface area contributed by atoms with Gasteiger partial charge in [0.2, 0.25) is 0 Å². The summed E-state index contributed by atoms with van der Waals surface area (Å²) in [5.41, 5.74) is 3.01. The van der Waals surface area contributed by atoms with Crippen LogP contribution >= 0.6 is 0 Å². The van der Waals surface area contributed by atoms with Gasteiger partial charge in [0, 0.05) is 37.3 Å². The van der Waals surface area contributed by atoms with Crippen LogP contribution in [0, 0.1) is 6.92 Å². The van der Waals surface area contributed by atoms with Gasteiger partial charge in [-0.25, -0.2) is 4.79 Å². The van der Waals surface area contributed by atoms with Crippen LogP contribution < -0.4 is 5.69 Å². The van der Waals surface area contributed by atoms with E-state index in [1.165, 1.54) is 6.26 Å². The Kier molecular flexibility index (Phi) is 6.12. The number of aromatic hydroxyl groups is 1. The van der Waals surface area contributed by atoms with Crippen LogP contribution in [0.1, 0.15) is 26.5 Å². The molecule has 1 aliphatic heterocycles. The highest BCUT2D eigenvalue weighted by atomic mass is 16.3. The molecular weight excluding hydrogens is 460 g/mol. The minimum atomic E-state index is -0.512. The Morgan fingerprint density at radius 3 is 2.36 bits per heavy atom. The Morgan fingerprint density at radius 1 is 0.917 bits per heavy atom. The average Bonchev–Trinajstić information content (AvgIpc) is 3.44. The lowest BCUT2D eigenvalue weighted by molar-refractivity contribution is 0.0518. The summed E-state index contributed by atoms with van der Waals surface area (Å²) in [7, 11) is 0. The number of phenols is 1. The molecule has 1 saturated heterocycles. The van der Waals surface area contributed by atoms with Crippen molar-refractivity contribution in [3.8, 4) is 28.3 Å². The van der Waals surface area contributed by atoms with Crippen molar-refractivity contribution >= 4 is 11.8 Å². The van der Waals surface area contributed by atoms with Crippen LogP contribution in [0.5, 0.6) is 5.75 Å². The zero-order valence-electron chi connectivity index (χ0n) is 19.6. The number of amides is 2. The molecule has 2 amide bonds. The van der Waals surface area contributed by atoms with Gasteiger partial charge in [-0.2, -0.15) is 4.98 Å². The first kappa shape index (κ1) is 23.1. The Labute approximate surface area is 206 Å². The Hall–Kier alpha value is -4.66. The molecule has 2 N–H and O–H groups in total. The molecule has 36 heavy (non-hydrogen) atoms. The number of furan rings is 1. The number of nitrogens with one attached hydrogen (secondary N) is 1. The third kappa shape index (κ3) is 4.63. The number of nitrogens with zero attached hydrogens (tertiary/aromatic N) is 3. The molecule has 1 aliphatic rings. The maximum absolute atomic E-state index is 13.2. The van der Waals surface area contributed by atoms with Gasteiger partial charge in [0.1, 0.15) is 5.75 Å². The first-order valence-corrected chi connectivity index (χ1v) is 11.5. The molecule has 0 aliphatic carbocycles.